The molecule has 5 nitrogen and oxygen atoms in total. The van der Waals surface area contributed by atoms with Gasteiger partial charge < -0.3 is 9.47 Å². The van der Waals surface area contributed by atoms with Crippen LogP contribution in [0.1, 0.15) is 26.2 Å². The van der Waals surface area contributed by atoms with Gasteiger partial charge >= 0.3 is 0 Å². The number of rotatable bonds is 7. The maximum absolute atomic E-state index is 5.88. The minimum absolute atomic E-state index is 0.703. The first kappa shape index (κ1) is 15.3. The number of aromatic nitrogens is 3. The van der Waals surface area contributed by atoms with Gasteiger partial charge in [-0.1, -0.05) is 43.2 Å². The van der Waals surface area contributed by atoms with Crippen LogP contribution < -0.4 is 9.47 Å². The lowest BCUT2D eigenvalue weighted by Gasteiger charge is -2.09. The fraction of sp³-hybridized carbons (Fsp3) is 0.333. The minimum atomic E-state index is 0.703. The van der Waals surface area contributed by atoms with Crippen molar-refractivity contribution >= 4 is 11.0 Å². The smallest absolute Gasteiger partial charge is 0.155 e. The summed E-state index contributed by atoms with van der Waals surface area (Å²) in [5, 5.41) is 8.59. The van der Waals surface area contributed by atoms with Crippen LogP contribution in [-0.4, -0.2) is 28.7 Å². The van der Waals surface area contributed by atoms with Gasteiger partial charge in [0, 0.05) is 0 Å². The molecule has 0 bridgehead atoms. The maximum Gasteiger partial charge on any atom is 0.155 e. The predicted octanol–water partition coefficient (Wildman–Crippen LogP) is 4.00. The molecule has 1 aromatic heterocycles. The molecular weight excluding hydrogens is 290 g/mol. The summed E-state index contributed by atoms with van der Waals surface area (Å²) in [4.78, 5) is 0. The van der Waals surface area contributed by atoms with Crippen molar-refractivity contribution in [3.8, 4) is 17.2 Å². The molecule has 0 spiro atoms. The predicted molar refractivity (Wildman–Crippen MR) is 90.4 cm³/mol. The molecule has 3 aromatic rings. The van der Waals surface area contributed by atoms with Gasteiger partial charge in [0.15, 0.2) is 5.52 Å². The zero-order valence-corrected chi connectivity index (χ0v) is 13.5. The summed E-state index contributed by atoms with van der Waals surface area (Å²) in [5.41, 5.74) is 2.54. The molecule has 0 saturated heterocycles. The molecule has 120 valence electrons. The highest BCUT2D eigenvalue weighted by atomic mass is 16.5. The highest BCUT2D eigenvalue weighted by Crippen LogP contribution is 2.28. The molecule has 0 aliphatic carbocycles. The second kappa shape index (κ2) is 7.13. The fourth-order valence-corrected chi connectivity index (χ4v) is 2.55. The van der Waals surface area contributed by atoms with Gasteiger partial charge in [0.05, 0.1) is 19.2 Å². The Labute approximate surface area is 135 Å². The standard InChI is InChI=1S/C18H21N3O2/c1-3-4-7-13-23-17-12-8-10-15-18(17)19-20-21(15)14-9-5-6-11-16(14)22-2/h5-6,8-12H,3-4,7,13H2,1-2H3. The van der Waals surface area contributed by atoms with Crippen molar-refractivity contribution in [2.45, 2.75) is 26.2 Å². The second-order valence-corrected chi connectivity index (χ2v) is 5.35. The van der Waals surface area contributed by atoms with Gasteiger partial charge in [-0.3, -0.25) is 0 Å². The SMILES string of the molecule is CCCCCOc1cccc2c1nnn2-c1ccccc1OC. The zero-order valence-electron chi connectivity index (χ0n) is 13.5. The van der Waals surface area contributed by atoms with E-state index >= 15 is 0 Å². The van der Waals surface area contributed by atoms with Crippen molar-refractivity contribution in [2.24, 2.45) is 0 Å². The van der Waals surface area contributed by atoms with E-state index < -0.39 is 0 Å². The fourth-order valence-electron chi connectivity index (χ4n) is 2.55. The van der Waals surface area contributed by atoms with Crippen LogP contribution >= 0.6 is 0 Å². The second-order valence-electron chi connectivity index (χ2n) is 5.35. The third-order valence-electron chi connectivity index (χ3n) is 3.76. The molecule has 0 radical (unpaired) electrons. The van der Waals surface area contributed by atoms with Crippen molar-refractivity contribution < 1.29 is 9.47 Å². The summed E-state index contributed by atoms with van der Waals surface area (Å²) in [6, 6.07) is 13.7. The Morgan fingerprint density at radius 2 is 1.83 bits per heavy atom. The number of hydrogen-bond acceptors (Lipinski definition) is 4. The molecule has 23 heavy (non-hydrogen) atoms. The summed E-state index contributed by atoms with van der Waals surface area (Å²) in [6.45, 7) is 2.88. The molecule has 0 aliphatic heterocycles. The first-order chi connectivity index (χ1) is 11.3. The average Bonchev–Trinajstić information content (AvgIpc) is 3.03. The van der Waals surface area contributed by atoms with E-state index in [1.165, 1.54) is 12.8 Å². The van der Waals surface area contributed by atoms with Crippen LogP contribution in [0.2, 0.25) is 0 Å². The van der Waals surface area contributed by atoms with E-state index in [0.29, 0.717) is 6.61 Å². The van der Waals surface area contributed by atoms with Gasteiger partial charge in [-0.05, 0) is 30.7 Å². The quantitative estimate of drug-likeness (QED) is 0.619. The van der Waals surface area contributed by atoms with Crippen LogP contribution in [0.5, 0.6) is 11.5 Å². The third kappa shape index (κ3) is 3.13. The molecule has 0 fully saturated rings. The lowest BCUT2D eigenvalue weighted by molar-refractivity contribution is 0.309. The Hall–Kier alpha value is -2.56. The minimum Gasteiger partial charge on any atom is -0.494 e. The molecule has 0 unspecified atom stereocenters. The van der Waals surface area contributed by atoms with E-state index in [1.807, 2.05) is 42.5 Å². The van der Waals surface area contributed by atoms with Crippen molar-refractivity contribution in [3.05, 3.63) is 42.5 Å². The lowest BCUT2D eigenvalue weighted by atomic mass is 10.2. The number of ether oxygens (including phenoxy) is 2. The Morgan fingerprint density at radius 3 is 2.65 bits per heavy atom. The lowest BCUT2D eigenvalue weighted by Crippen LogP contribution is -2.00. The van der Waals surface area contributed by atoms with Crippen LogP contribution in [0.4, 0.5) is 0 Å². The van der Waals surface area contributed by atoms with Gasteiger partial charge in [0.25, 0.3) is 0 Å². The van der Waals surface area contributed by atoms with Crippen molar-refractivity contribution in [1.82, 2.24) is 15.0 Å². The van der Waals surface area contributed by atoms with Gasteiger partial charge in [-0.15, -0.1) is 5.10 Å². The van der Waals surface area contributed by atoms with Crippen molar-refractivity contribution in [2.75, 3.05) is 13.7 Å². The van der Waals surface area contributed by atoms with Gasteiger partial charge in [-0.25, -0.2) is 4.68 Å². The largest absolute Gasteiger partial charge is 0.494 e. The van der Waals surface area contributed by atoms with E-state index in [0.717, 1.165) is 34.6 Å². The van der Waals surface area contributed by atoms with Crippen LogP contribution in [0.3, 0.4) is 0 Å². The van der Waals surface area contributed by atoms with E-state index in [-0.39, 0.29) is 0 Å². The third-order valence-corrected chi connectivity index (χ3v) is 3.76. The molecule has 0 aliphatic rings. The highest BCUT2D eigenvalue weighted by molar-refractivity contribution is 5.82. The molecule has 0 atom stereocenters. The number of methoxy groups -OCH3 is 1. The van der Waals surface area contributed by atoms with Gasteiger partial charge in [0.2, 0.25) is 0 Å². The van der Waals surface area contributed by atoms with E-state index in [1.54, 1.807) is 11.8 Å². The molecule has 3 rings (SSSR count). The number of nitrogens with zero attached hydrogens (tertiary/aromatic N) is 3. The molecule has 0 amide bonds. The van der Waals surface area contributed by atoms with Crippen molar-refractivity contribution in [3.63, 3.8) is 0 Å². The molecular formula is C18H21N3O2. The number of para-hydroxylation sites is 2. The van der Waals surface area contributed by atoms with Crippen LogP contribution in [0.15, 0.2) is 42.5 Å². The monoisotopic (exact) mass is 311 g/mol. The van der Waals surface area contributed by atoms with E-state index in [2.05, 4.69) is 17.2 Å². The van der Waals surface area contributed by atoms with Gasteiger partial charge in [-0.2, -0.15) is 0 Å². The molecule has 5 heteroatoms. The first-order valence-electron chi connectivity index (χ1n) is 7.95. The Bertz CT molecular complexity index is 783. The van der Waals surface area contributed by atoms with E-state index in [4.69, 9.17) is 9.47 Å². The number of fused-ring (bicyclic) bond motifs is 1. The molecule has 0 N–H and O–H groups in total. The summed E-state index contributed by atoms with van der Waals surface area (Å²) in [6.07, 6.45) is 3.40. The van der Waals surface area contributed by atoms with Crippen LogP contribution in [-0.2, 0) is 0 Å². The Balaban J connectivity index is 1.95. The van der Waals surface area contributed by atoms with Crippen molar-refractivity contribution in [1.29, 1.82) is 0 Å². The Kier molecular flexibility index (Phi) is 4.76. The van der Waals surface area contributed by atoms with Gasteiger partial charge in [0.1, 0.15) is 17.2 Å². The summed E-state index contributed by atoms with van der Waals surface area (Å²) in [7, 11) is 1.65. The summed E-state index contributed by atoms with van der Waals surface area (Å²) < 4.78 is 13.1. The maximum atomic E-state index is 5.88. The normalized spacial score (nSPS) is 10.9. The zero-order chi connectivity index (χ0) is 16.1. The van der Waals surface area contributed by atoms with Crippen LogP contribution in [0, 0.1) is 0 Å². The number of benzene rings is 2. The number of hydrogen-bond donors (Lipinski definition) is 0. The highest BCUT2D eigenvalue weighted by Gasteiger charge is 2.13. The van der Waals surface area contributed by atoms with E-state index in [9.17, 15) is 0 Å². The molecule has 0 saturated carbocycles. The number of unbranched alkanes of at least 4 members (excludes halogenated alkanes) is 2. The summed E-state index contributed by atoms with van der Waals surface area (Å²) in [5.74, 6) is 1.54. The molecule has 1 heterocycles. The average molecular weight is 311 g/mol. The Morgan fingerprint density at radius 1 is 1.00 bits per heavy atom. The molecule has 2 aromatic carbocycles. The van der Waals surface area contributed by atoms with Crippen LogP contribution in [0.25, 0.3) is 16.7 Å². The first-order valence-corrected chi connectivity index (χ1v) is 7.95. The topological polar surface area (TPSA) is 49.2 Å². The summed E-state index contributed by atoms with van der Waals surface area (Å²) >= 11 is 0.